The number of rotatable bonds is 7. The summed E-state index contributed by atoms with van der Waals surface area (Å²) in [6, 6.07) is 9.47. The van der Waals surface area contributed by atoms with Crippen molar-refractivity contribution in [1.82, 2.24) is 24.5 Å². The van der Waals surface area contributed by atoms with E-state index in [0.29, 0.717) is 12.3 Å². The van der Waals surface area contributed by atoms with E-state index in [0.717, 1.165) is 29.1 Å². The molecule has 162 valence electrons. The molecule has 2 aromatic heterocycles. The first-order valence-electron chi connectivity index (χ1n) is 9.44. The zero-order valence-corrected chi connectivity index (χ0v) is 17.5. The van der Waals surface area contributed by atoms with Gasteiger partial charge in [-0.15, -0.1) is 5.10 Å². The lowest BCUT2D eigenvalue weighted by atomic mass is 10.2. The average molecular weight is 447 g/mol. The Morgan fingerprint density at radius 1 is 1.16 bits per heavy atom. The Labute approximate surface area is 176 Å². The minimum absolute atomic E-state index is 0.159. The molecule has 4 rings (SSSR count). The Morgan fingerprint density at radius 2 is 1.90 bits per heavy atom. The van der Waals surface area contributed by atoms with E-state index < -0.39 is 32.6 Å². The van der Waals surface area contributed by atoms with Crippen LogP contribution in [0.25, 0.3) is 10.9 Å². The van der Waals surface area contributed by atoms with Gasteiger partial charge in [-0.25, -0.2) is 21.9 Å². The van der Waals surface area contributed by atoms with Gasteiger partial charge in [-0.05, 0) is 49.6 Å². The van der Waals surface area contributed by atoms with Gasteiger partial charge in [-0.3, -0.25) is 4.57 Å². The van der Waals surface area contributed by atoms with Crippen molar-refractivity contribution in [3.8, 4) is 11.8 Å². The fourth-order valence-corrected chi connectivity index (χ4v) is 4.61. The number of H-pyrrole nitrogens is 1. The van der Waals surface area contributed by atoms with E-state index in [2.05, 4.69) is 19.9 Å². The number of hydrogen-bond acceptors (Lipinski definition) is 5. The molecule has 8 nitrogen and oxygen atoms in total. The molecule has 0 aliphatic carbocycles. The van der Waals surface area contributed by atoms with Crippen LogP contribution in [0.15, 0.2) is 53.6 Å². The molecule has 1 atom stereocenters. The van der Waals surface area contributed by atoms with Gasteiger partial charge in [0.2, 0.25) is 10.0 Å². The zero-order valence-electron chi connectivity index (χ0n) is 16.6. The molecule has 2 N–H and O–H groups in total. The summed E-state index contributed by atoms with van der Waals surface area (Å²) in [6.45, 7) is 3.69. The van der Waals surface area contributed by atoms with E-state index >= 15 is 0 Å². The molecule has 0 aliphatic heterocycles. The van der Waals surface area contributed by atoms with Crippen molar-refractivity contribution in [2.75, 3.05) is 0 Å². The number of nitrogens with one attached hydrogen (secondary N) is 2. The van der Waals surface area contributed by atoms with Crippen molar-refractivity contribution >= 4 is 20.9 Å². The third kappa shape index (κ3) is 4.01. The van der Waals surface area contributed by atoms with Crippen LogP contribution in [0, 0.1) is 11.6 Å². The average Bonchev–Trinajstić information content (AvgIpc) is 3.33. The molecule has 0 saturated heterocycles. The minimum Gasteiger partial charge on any atom is -0.424 e. The lowest BCUT2D eigenvalue weighted by Crippen LogP contribution is -2.30. The summed E-state index contributed by atoms with van der Waals surface area (Å²) in [5.74, 6) is -1.61. The summed E-state index contributed by atoms with van der Waals surface area (Å²) in [6.07, 6.45) is 1.81. The van der Waals surface area contributed by atoms with E-state index in [9.17, 15) is 17.2 Å². The Balaban J connectivity index is 1.60. The molecule has 4 aromatic rings. The Hall–Kier alpha value is -3.31. The molecule has 0 bridgehead atoms. The van der Waals surface area contributed by atoms with Crippen LogP contribution >= 0.6 is 0 Å². The van der Waals surface area contributed by atoms with Crippen LogP contribution in [-0.4, -0.2) is 28.2 Å². The predicted molar refractivity (Wildman–Crippen MR) is 109 cm³/mol. The second kappa shape index (κ2) is 8.08. The molecular weight excluding hydrogens is 428 g/mol. The van der Waals surface area contributed by atoms with E-state index in [-0.39, 0.29) is 11.8 Å². The fourth-order valence-electron chi connectivity index (χ4n) is 3.27. The number of aromatic amines is 1. The van der Waals surface area contributed by atoms with E-state index in [1.54, 1.807) is 16.7 Å². The molecular formula is C20H19F2N5O3S. The highest BCUT2D eigenvalue weighted by Gasteiger charge is 2.28. The van der Waals surface area contributed by atoms with Crippen LogP contribution in [0.4, 0.5) is 8.78 Å². The first-order valence-corrected chi connectivity index (χ1v) is 10.9. The van der Waals surface area contributed by atoms with Crippen LogP contribution < -0.4 is 9.46 Å². The Kier molecular flexibility index (Phi) is 5.46. The number of aromatic nitrogens is 4. The van der Waals surface area contributed by atoms with Crippen molar-refractivity contribution < 1.29 is 21.9 Å². The maximum Gasteiger partial charge on any atom is 0.322 e. The van der Waals surface area contributed by atoms with Gasteiger partial charge < -0.3 is 9.72 Å². The second-order valence-corrected chi connectivity index (χ2v) is 8.46. The summed E-state index contributed by atoms with van der Waals surface area (Å²) in [4.78, 5) is 2.05. The SMILES string of the molecule is CCn1c(Oc2ccc3cc[nH]c3c2)nnc1[C@@H](C)NS(=O)(=O)c1c(F)cccc1F. The smallest absolute Gasteiger partial charge is 0.322 e. The molecule has 0 unspecified atom stereocenters. The number of sulfonamides is 1. The van der Waals surface area contributed by atoms with Crippen LogP contribution in [0.1, 0.15) is 25.7 Å². The molecule has 0 spiro atoms. The number of nitrogens with zero attached hydrogens (tertiary/aromatic N) is 3. The van der Waals surface area contributed by atoms with Crippen molar-refractivity contribution in [2.24, 2.45) is 0 Å². The number of halogens is 2. The van der Waals surface area contributed by atoms with E-state index in [1.165, 1.54) is 6.92 Å². The van der Waals surface area contributed by atoms with Crippen molar-refractivity contribution in [3.63, 3.8) is 0 Å². The molecule has 0 fully saturated rings. The van der Waals surface area contributed by atoms with Crippen LogP contribution in [0.3, 0.4) is 0 Å². The molecule has 2 aromatic carbocycles. The number of hydrogen-bond donors (Lipinski definition) is 2. The van der Waals surface area contributed by atoms with Gasteiger partial charge in [0.05, 0.1) is 6.04 Å². The first-order chi connectivity index (χ1) is 14.8. The maximum absolute atomic E-state index is 14.0. The molecule has 0 saturated carbocycles. The predicted octanol–water partition coefficient (Wildman–Crippen LogP) is 3.89. The summed E-state index contributed by atoms with van der Waals surface area (Å²) < 4.78 is 62.7. The highest BCUT2D eigenvalue weighted by molar-refractivity contribution is 7.89. The summed E-state index contributed by atoms with van der Waals surface area (Å²) in [7, 11) is -4.49. The Bertz CT molecular complexity index is 1330. The number of benzene rings is 2. The third-order valence-corrected chi connectivity index (χ3v) is 6.30. The molecule has 0 aliphatic rings. The maximum atomic E-state index is 14.0. The van der Waals surface area contributed by atoms with Gasteiger partial charge in [0.1, 0.15) is 17.4 Å². The van der Waals surface area contributed by atoms with Crippen molar-refractivity contribution in [2.45, 2.75) is 31.3 Å². The highest BCUT2D eigenvalue weighted by Crippen LogP contribution is 2.27. The van der Waals surface area contributed by atoms with E-state index in [4.69, 9.17) is 4.74 Å². The van der Waals surface area contributed by atoms with Crippen molar-refractivity contribution in [1.29, 1.82) is 0 Å². The highest BCUT2D eigenvalue weighted by atomic mass is 32.2. The normalized spacial score (nSPS) is 12.9. The first kappa shape index (κ1) is 20.9. The van der Waals surface area contributed by atoms with E-state index in [1.807, 2.05) is 25.3 Å². The summed E-state index contributed by atoms with van der Waals surface area (Å²) >= 11 is 0. The van der Waals surface area contributed by atoms with Gasteiger partial charge in [0.25, 0.3) is 0 Å². The quantitative estimate of drug-likeness (QED) is 0.448. The lowest BCUT2D eigenvalue weighted by Gasteiger charge is -2.16. The fraction of sp³-hybridized carbons (Fsp3) is 0.200. The third-order valence-electron chi connectivity index (χ3n) is 4.70. The van der Waals surface area contributed by atoms with Gasteiger partial charge in [0, 0.05) is 24.3 Å². The second-order valence-electron chi connectivity index (χ2n) is 6.81. The monoisotopic (exact) mass is 447 g/mol. The molecule has 0 amide bonds. The molecule has 2 heterocycles. The van der Waals surface area contributed by atoms with Gasteiger partial charge in [-0.1, -0.05) is 11.2 Å². The minimum atomic E-state index is -4.49. The summed E-state index contributed by atoms with van der Waals surface area (Å²) in [5, 5.41) is 9.05. The zero-order chi connectivity index (χ0) is 22.2. The van der Waals surface area contributed by atoms with Crippen molar-refractivity contribution in [3.05, 3.63) is 66.1 Å². The van der Waals surface area contributed by atoms with Crippen LogP contribution in [0.5, 0.6) is 11.8 Å². The number of fused-ring (bicyclic) bond motifs is 1. The van der Waals surface area contributed by atoms with Gasteiger partial charge in [-0.2, -0.15) is 0 Å². The topological polar surface area (TPSA) is 102 Å². The van der Waals surface area contributed by atoms with Gasteiger partial charge >= 0.3 is 6.01 Å². The largest absolute Gasteiger partial charge is 0.424 e. The van der Waals surface area contributed by atoms with Crippen LogP contribution in [0.2, 0.25) is 0 Å². The molecule has 31 heavy (non-hydrogen) atoms. The Morgan fingerprint density at radius 3 is 2.61 bits per heavy atom. The number of ether oxygens (including phenoxy) is 1. The summed E-state index contributed by atoms with van der Waals surface area (Å²) in [5.41, 5.74) is 0.883. The standard InChI is InChI=1S/C20H19F2N5O3S/c1-3-27-19(12(2)26-31(28,29)18-15(21)5-4-6-16(18)22)24-25-20(27)30-14-8-7-13-9-10-23-17(13)11-14/h4-12,23,26H,3H2,1-2H3/t12-/m1/s1. The molecule has 11 heteroatoms. The molecule has 0 radical (unpaired) electrons. The lowest BCUT2D eigenvalue weighted by molar-refractivity contribution is 0.408. The van der Waals surface area contributed by atoms with Crippen LogP contribution in [-0.2, 0) is 16.6 Å². The van der Waals surface area contributed by atoms with Gasteiger partial charge in [0.15, 0.2) is 10.7 Å².